The Morgan fingerprint density at radius 1 is 1.30 bits per heavy atom. The van der Waals surface area contributed by atoms with Crippen LogP contribution in [0.3, 0.4) is 0 Å². The average Bonchev–Trinajstić information content (AvgIpc) is 1.87. The molecule has 10 heavy (non-hydrogen) atoms. The second-order valence-electron chi connectivity index (χ2n) is 3.68. The third-order valence-corrected chi connectivity index (χ3v) is 2.90. The second kappa shape index (κ2) is 2.21. The van der Waals surface area contributed by atoms with E-state index in [1.54, 1.807) is 0 Å². The van der Waals surface area contributed by atoms with Crippen LogP contribution in [-0.2, 0) is 4.74 Å². The number of nitrogens with zero attached hydrogens (tertiary/aromatic N) is 1. The van der Waals surface area contributed by atoms with Crippen molar-refractivity contribution in [1.29, 1.82) is 0 Å². The van der Waals surface area contributed by atoms with Crippen molar-refractivity contribution in [2.75, 3.05) is 27.2 Å². The molecule has 2 aliphatic heterocycles. The summed E-state index contributed by atoms with van der Waals surface area (Å²) < 4.78 is 5.37. The molecule has 2 atom stereocenters. The first-order chi connectivity index (χ1) is 4.81. The van der Waals surface area contributed by atoms with Gasteiger partial charge < -0.3 is 9.64 Å². The Hall–Kier alpha value is -0.0800. The van der Waals surface area contributed by atoms with Gasteiger partial charge in [0.25, 0.3) is 0 Å². The Bertz CT molecular complexity index is 125. The summed E-state index contributed by atoms with van der Waals surface area (Å²) in [6.45, 7) is 2.49. The summed E-state index contributed by atoms with van der Waals surface area (Å²) >= 11 is 0. The average molecular weight is 141 g/mol. The number of rotatable bonds is 1. The molecule has 0 aromatic carbocycles. The fraction of sp³-hybridized carbons (Fsp3) is 1.00. The van der Waals surface area contributed by atoms with Crippen LogP contribution in [0.2, 0.25) is 0 Å². The molecular weight excluding hydrogens is 126 g/mol. The van der Waals surface area contributed by atoms with Gasteiger partial charge in [0.05, 0.1) is 6.10 Å². The maximum Gasteiger partial charge on any atom is 0.0652 e. The third kappa shape index (κ3) is 0.789. The van der Waals surface area contributed by atoms with Gasteiger partial charge in [0.15, 0.2) is 0 Å². The van der Waals surface area contributed by atoms with E-state index in [4.69, 9.17) is 4.74 Å². The summed E-state index contributed by atoms with van der Waals surface area (Å²) in [6, 6.07) is 0. The lowest BCUT2D eigenvalue weighted by Crippen LogP contribution is -2.57. The molecule has 2 nitrogen and oxygen atoms in total. The minimum absolute atomic E-state index is 0.594. The van der Waals surface area contributed by atoms with Crippen LogP contribution in [-0.4, -0.2) is 38.3 Å². The second-order valence-corrected chi connectivity index (χ2v) is 3.68. The van der Waals surface area contributed by atoms with Crippen molar-refractivity contribution in [1.82, 2.24) is 4.90 Å². The van der Waals surface area contributed by atoms with Crippen LogP contribution in [0.1, 0.15) is 6.42 Å². The highest BCUT2D eigenvalue weighted by Crippen LogP contribution is 2.40. The zero-order valence-electron chi connectivity index (χ0n) is 6.71. The third-order valence-electron chi connectivity index (χ3n) is 2.90. The number of hydrogen-bond donors (Lipinski definition) is 0. The molecule has 2 heteroatoms. The predicted molar refractivity (Wildman–Crippen MR) is 39.9 cm³/mol. The fourth-order valence-electron chi connectivity index (χ4n) is 2.46. The normalized spacial score (nSPS) is 46.8. The van der Waals surface area contributed by atoms with E-state index >= 15 is 0 Å². The molecule has 0 spiro atoms. The Kier molecular flexibility index (Phi) is 1.46. The van der Waals surface area contributed by atoms with Gasteiger partial charge in [-0.05, 0) is 25.3 Å². The van der Waals surface area contributed by atoms with Crippen molar-refractivity contribution in [3.8, 4) is 0 Å². The zero-order chi connectivity index (χ0) is 7.14. The highest BCUT2D eigenvalue weighted by atomic mass is 16.5. The zero-order valence-corrected chi connectivity index (χ0v) is 6.71. The summed E-state index contributed by atoms with van der Waals surface area (Å²) in [5.74, 6) is 1.68. The summed E-state index contributed by atoms with van der Waals surface area (Å²) in [5, 5.41) is 0. The molecule has 2 bridgehead atoms. The van der Waals surface area contributed by atoms with Crippen molar-refractivity contribution < 1.29 is 4.74 Å². The van der Waals surface area contributed by atoms with Crippen LogP contribution in [0.25, 0.3) is 0 Å². The van der Waals surface area contributed by atoms with E-state index in [0.29, 0.717) is 6.10 Å². The molecule has 0 amide bonds. The van der Waals surface area contributed by atoms with Crippen molar-refractivity contribution in [3.63, 3.8) is 0 Å². The van der Waals surface area contributed by atoms with Gasteiger partial charge in [-0.2, -0.15) is 0 Å². The van der Waals surface area contributed by atoms with E-state index in [-0.39, 0.29) is 0 Å². The Morgan fingerprint density at radius 2 is 1.90 bits per heavy atom. The summed E-state index contributed by atoms with van der Waals surface area (Å²) in [5.41, 5.74) is 0. The maximum atomic E-state index is 5.37. The van der Waals surface area contributed by atoms with E-state index in [0.717, 1.165) is 11.8 Å². The Labute approximate surface area is 62.2 Å². The molecule has 3 fully saturated rings. The molecule has 2 unspecified atom stereocenters. The molecule has 1 saturated carbocycles. The van der Waals surface area contributed by atoms with Gasteiger partial charge >= 0.3 is 0 Å². The summed E-state index contributed by atoms with van der Waals surface area (Å²) in [4.78, 5) is 2.41. The lowest BCUT2D eigenvalue weighted by Gasteiger charge is -2.51. The van der Waals surface area contributed by atoms with E-state index in [2.05, 4.69) is 11.9 Å². The molecule has 2 saturated heterocycles. The first kappa shape index (κ1) is 6.62. The van der Waals surface area contributed by atoms with Crippen LogP contribution in [0, 0.1) is 11.8 Å². The van der Waals surface area contributed by atoms with E-state index in [1.807, 2.05) is 7.11 Å². The van der Waals surface area contributed by atoms with Crippen LogP contribution in [0.4, 0.5) is 0 Å². The van der Waals surface area contributed by atoms with Gasteiger partial charge in [0, 0.05) is 20.2 Å². The number of methoxy groups -OCH3 is 1. The van der Waals surface area contributed by atoms with E-state index < -0.39 is 0 Å². The number of piperidine rings is 2. The van der Waals surface area contributed by atoms with Gasteiger partial charge in [0.2, 0.25) is 0 Å². The van der Waals surface area contributed by atoms with Gasteiger partial charge in [0.1, 0.15) is 0 Å². The van der Waals surface area contributed by atoms with Crippen LogP contribution < -0.4 is 0 Å². The molecule has 0 radical (unpaired) electrons. The minimum atomic E-state index is 0.594. The molecule has 2 heterocycles. The first-order valence-electron chi connectivity index (χ1n) is 4.02. The van der Waals surface area contributed by atoms with Crippen molar-refractivity contribution in [3.05, 3.63) is 0 Å². The smallest absolute Gasteiger partial charge is 0.0652 e. The van der Waals surface area contributed by atoms with Gasteiger partial charge in [-0.3, -0.25) is 0 Å². The van der Waals surface area contributed by atoms with Crippen molar-refractivity contribution in [2.45, 2.75) is 12.5 Å². The quantitative estimate of drug-likeness (QED) is 0.529. The molecule has 0 N–H and O–H groups in total. The molecular formula is C8H15NO. The minimum Gasteiger partial charge on any atom is -0.381 e. The predicted octanol–water partition coefficient (Wildman–Crippen LogP) is 0.583. The number of ether oxygens (including phenoxy) is 1. The topological polar surface area (TPSA) is 12.5 Å². The Balaban J connectivity index is 1.96. The molecule has 3 rings (SSSR count). The van der Waals surface area contributed by atoms with Gasteiger partial charge in [-0.15, -0.1) is 0 Å². The number of hydrogen-bond acceptors (Lipinski definition) is 2. The summed E-state index contributed by atoms with van der Waals surface area (Å²) in [6.07, 6.45) is 2.00. The summed E-state index contributed by atoms with van der Waals surface area (Å²) in [7, 11) is 4.04. The highest BCUT2D eigenvalue weighted by Gasteiger charge is 2.45. The molecule has 58 valence electrons. The lowest BCUT2D eigenvalue weighted by molar-refractivity contribution is -0.121. The van der Waals surface area contributed by atoms with E-state index in [1.165, 1.54) is 19.5 Å². The van der Waals surface area contributed by atoms with Crippen LogP contribution in [0.15, 0.2) is 0 Å². The molecule has 3 aliphatic rings. The van der Waals surface area contributed by atoms with Crippen molar-refractivity contribution in [2.24, 2.45) is 11.8 Å². The maximum absolute atomic E-state index is 5.37. The van der Waals surface area contributed by atoms with E-state index in [9.17, 15) is 0 Å². The SMILES string of the molecule is COC1C2CC1CN(C)C2. The van der Waals surface area contributed by atoms with Crippen molar-refractivity contribution >= 4 is 0 Å². The fourth-order valence-corrected chi connectivity index (χ4v) is 2.46. The Morgan fingerprint density at radius 3 is 2.40 bits per heavy atom. The monoisotopic (exact) mass is 141 g/mol. The molecule has 0 aromatic heterocycles. The molecule has 1 aliphatic carbocycles. The van der Waals surface area contributed by atoms with Crippen LogP contribution in [0.5, 0.6) is 0 Å². The van der Waals surface area contributed by atoms with Gasteiger partial charge in [-0.25, -0.2) is 0 Å². The van der Waals surface area contributed by atoms with Crippen LogP contribution >= 0.6 is 0 Å². The van der Waals surface area contributed by atoms with Gasteiger partial charge in [-0.1, -0.05) is 0 Å². The largest absolute Gasteiger partial charge is 0.381 e. The standard InChI is InChI=1S/C8H15NO/c1-9-4-6-3-7(5-9)8(6)10-2/h6-8H,3-5H2,1-2H3. The number of fused-ring (bicyclic) bond motifs is 2. The highest BCUT2D eigenvalue weighted by molar-refractivity contribution is 4.97. The lowest BCUT2D eigenvalue weighted by atomic mass is 9.68. The molecule has 0 aromatic rings. The first-order valence-corrected chi connectivity index (χ1v) is 4.02.